The van der Waals surface area contributed by atoms with Crippen LogP contribution in [0.1, 0.15) is 18.9 Å². The molecule has 0 aromatic heterocycles. The van der Waals surface area contributed by atoms with Crippen molar-refractivity contribution < 1.29 is 4.74 Å². The van der Waals surface area contributed by atoms with Crippen LogP contribution >= 0.6 is 11.8 Å². The van der Waals surface area contributed by atoms with Crippen molar-refractivity contribution in [2.24, 2.45) is 0 Å². The summed E-state index contributed by atoms with van der Waals surface area (Å²) in [7, 11) is 0. The fourth-order valence-electron chi connectivity index (χ4n) is 1.47. The average Bonchev–Trinajstić information content (AvgIpc) is 2.42. The third-order valence-electron chi connectivity index (χ3n) is 2.38. The van der Waals surface area contributed by atoms with Crippen LogP contribution in [0.2, 0.25) is 0 Å². The maximum absolute atomic E-state index is 5.55. The number of hydrogen-bond donors (Lipinski definition) is 1. The molecule has 0 atom stereocenters. The Morgan fingerprint density at radius 3 is 2.78 bits per heavy atom. The van der Waals surface area contributed by atoms with E-state index in [0.717, 1.165) is 43.4 Å². The third kappa shape index (κ3) is 6.72. The van der Waals surface area contributed by atoms with Gasteiger partial charge in [0.1, 0.15) is 5.75 Å². The Morgan fingerprint density at radius 2 is 2.11 bits per heavy atom. The summed E-state index contributed by atoms with van der Waals surface area (Å²) < 4.78 is 5.55. The van der Waals surface area contributed by atoms with Gasteiger partial charge in [-0.3, -0.25) is 0 Å². The summed E-state index contributed by atoms with van der Waals surface area (Å²) in [5, 5.41) is 3.43. The lowest BCUT2D eigenvalue weighted by Crippen LogP contribution is -2.16. The molecule has 0 aliphatic rings. The van der Waals surface area contributed by atoms with Crippen LogP contribution in [0.15, 0.2) is 36.9 Å². The van der Waals surface area contributed by atoms with Gasteiger partial charge in [0.05, 0.1) is 6.61 Å². The van der Waals surface area contributed by atoms with Gasteiger partial charge < -0.3 is 10.1 Å². The third-order valence-corrected chi connectivity index (χ3v) is 3.35. The molecule has 18 heavy (non-hydrogen) atoms. The van der Waals surface area contributed by atoms with Gasteiger partial charge in [0.25, 0.3) is 0 Å². The second-order valence-electron chi connectivity index (χ2n) is 4.03. The van der Waals surface area contributed by atoms with Gasteiger partial charge in [0.2, 0.25) is 0 Å². The van der Waals surface area contributed by atoms with Crippen molar-refractivity contribution >= 4 is 11.8 Å². The van der Waals surface area contributed by atoms with Crippen LogP contribution in [-0.2, 0) is 6.54 Å². The minimum atomic E-state index is 0.790. The van der Waals surface area contributed by atoms with Crippen LogP contribution in [0.4, 0.5) is 0 Å². The molecule has 0 radical (unpaired) electrons. The topological polar surface area (TPSA) is 21.3 Å². The van der Waals surface area contributed by atoms with Gasteiger partial charge in [-0.25, -0.2) is 0 Å². The first-order valence-electron chi connectivity index (χ1n) is 6.48. The molecule has 0 saturated heterocycles. The molecule has 0 heterocycles. The van der Waals surface area contributed by atoms with Gasteiger partial charge in [0.15, 0.2) is 0 Å². The van der Waals surface area contributed by atoms with E-state index in [9.17, 15) is 0 Å². The molecule has 0 saturated carbocycles. The fraction of sp³-hybridized carbons (Fsp3) is 0.467. The molecule has 2 nitrogen and oxygen atoms in total. The molecule has 1 N–H and O–H groups in total. The highest BCUT2D eigenvalue weighted by Gasteiger charge is 1.95. The van der Waals surface area contributed by atoms with Crippen molar-refractivity contribution in [1.82, 2.24) is 5.32 Å². The monoisotopic (exact) mass is 265 g/mol. The van der Waals surface area contributed by atoms with E-state index < -0.39 is 0 Å². The van der Waals surface area contributed by atoms with Crippen LogP contribution in [0.5, 0.6) is 5.75 Å². The highest BCUT2D eigenvalue weighted by atomic mass is 32.2. The van der Waals surface area contributed by atoms with Gasteiger partial charge in [-0.05, 0) is 24.1 Å². The minimum Gasteiger partial charge on any atom is -0.494 e. The van der Waals surface area contributed by atoms with Crippen LogP contribution in [0, 0.1) is 0 Å². The van der Waals surface area contributed by atoms with Crippen molar-refractivity contribution in [3.05, 3.63) is 42.5 Å². The zero-order chi connectivity index (χ0) is 13.1. The molecule has 0 bridgehead atoms. The Balaban J connectivity index is 2.16. The van der Waals surface area contributed by atoms with Crippen LogP contribution in [-0.4, -0.2) is 24.7 Å². The Bertz CT molecular complexity index is 324. The Morgan fingerprint density at radius 1 is 1.33 bits per heavy atom. The van der Waals surface area contributed by atoms with E-state index in [4.69, 9.17) is 4.74 Å². The van der Waals surface area contributed by atoms with E-state index in [1.165, 1.54) is 5.56 Å². The summed E-state index contributed by atoms with van der Waals surface area (Å²) in [6.07, 6.45) is 2.99. The quantitative estimate of drug-likeness (QED) is 0.517. The zero-order valence-electron chi connectivity index (χ0n) is 11.2. The van der Waals surface area contributed by atoms with E-state index in [0.29, 0.717) is 0 Å². The maximum atomic E-state index is 5.55. The molecule has 0 unspecified atom stereocenters. The highest BCUT2D eigenvalue weighted by molar-refractivity contribution is 7.99. The summed E-state index contributed by atoms with van der Waals surface area (Å²) in [5.74, 6) is 3.12. The number of hydrogen-bond acceptors (Lipinski definition) is 3. The predicted octanol–water partition coefficient (Wildman–Crippen LogP) is 3.48. The second kappa shape index (κ2) is 10.0. The van der Waals surface area contributed by atoms with Crippen LogP contribution in [0.3, 0.4) is 0 Å². The fourth-order valence-corrected chi connectivity index (χ4v) is 2.09. The summed E-state index contributed by atoms with van der Waals surface area (Å²) in [5.41, 5.74) is 1.30. The lowest BCUT2D eigenvalue weighted by Gasteiger charge is -2.07. The standard InChI is InChI=1S/C15H23NOS/c1-3-10-17-15-7-5-14(6-8-15)13-16-9-12-18-11-4-2/h4-8,16H,2-3,9-13H2,1H3. The Hall–Kier alpha value is -0.930. The van der Waals surface area contributed by atoms with E-state index in [2.05, 4.69) is 31.0 Å². The van der Waals surface area contributed by atoms with E-state index in [1.54, 1.807) is 0 Å². The molecule has 0 spiro atoms. The lowest BCUT2D eigenvalue weighted by atomic mass is 10.2. The predicted molar refractivity (Wildman–Crippen MR) is 81.5 cm³/mol. The number of ether oxygens (including phenoxy) is 1. The average molecular weight is 265 g/mol. The zero-order valence-corrected chi connectivity index (χ0v) is 12.0. The van der Waals surface area contributed by atoms with Crippen molar-refractivity contribution in [1.29, 1.82) is 0 Å². The van der Waals surface area contributed by atoms with E-state index in [1.807, 2.05) is 30.0 Å². The van der Waals surface area contributed by atoms with Crippen LogP contribution < -0.4 is 10.1 Å². The SMILES string of the molecule is C=CCSCCNCc1ccc(OCCC)cc1. The molecule has 0 aliphatic heterocycles. The number of thioether (sulfide) groups is 1. The summed E-state index contributed by atoms with van der Waals surface area (Å²) >= 11 is 1.90. The molecular formula is C15H23NOS. The normalized spacial score (nSPS) is 10.3. The van der Waals surface area contributed by atoms with Crippen LogP contribution in [0.25, 0.3) is 0 Å². The van der Waals surface area contributed by atoms with Gasteiger partial charge in [-0.15, -0.1) is 6.58 Å². The summed E-state index contributed by atoms with van der Waals surface area (Å²) in [6, 6.07) is 8.32. The summed E-state index contributed by atoms with van der Waals surface area (Å²) in [6.45, 7) is 8.56. The summed E-state index contributed by atoms with van der Waals surface area (Å²) in [4.78, 5) is 0. The maximum Gasteiger partial charge on any atom is 0.119 e. The van der Waals surface area contributed by atoms with Gasteiger partial charge >= 0.3 is 0 Å². The molecule has 1 rings (SSSR count). The highest BCUT2D eigenvalue weighted by Crippen LogP contribution is 2.12. The molecule has 0 aliphatic carbocycles. The largest absolute Gasteiger partial charge is 0.494 e. The van der Waals surface area contributed by atoms with Gasteiger partial charge in [0, 0.05) is 24.6 Å². The first-order chi connectivity index (χ1) is 8.86. The van der Waals surface area contributed by atoms with Crippen molar-refractivity contribution in [3.63, 3.8) is 0 Å². The second-order valence-corrected chi connectivity index (χ2v) is 5.18. The lowest BCUT2D eigenvalue weighted by molar-refractivity contribution is 0.317. The first-order valence-corrected chi connectivity index (χ1v) is 7.63. The number of rotatable bonds is 10. The first kappa shape index (κ1) is 15.1. The molecule has 0 fully saturated rings. The molecule has 1 aromatic carbocycles. The molecule has 1 aromatic rings. The number of benzene rings is 1. The molecular weight excluding hydrogens is 242 g/mol. The number of nitrogens with one attached hydrogen (secondary N) is 1. The minimum absolute atomic E-state index is 0.790. The Kier molecular flexibility index (Phi) is 8.43. The van der Waals surface area contributed by atoms with Crippen molar-refractivity contribution in [2.45, 2.75) is 19.9 Å². The molecule has 0 amide bonds. The van der Waals surface area contributed by atoms with Crippen molar-refractivity contribution in [3.8, 4) is 5.75 Å². The smallest absolute Gasteiger partial charge is 0.119 e. The Labute approximate surface area is 115 Å². The molecule has 3 heteroatoms. The van der Waals surface area contributed by atoms with Gasteiger partial charge in [-0.2, -0.15) is 11.8 Å². The molecule has 100 valence electrons. The van der Waals surface area contributed by atoms with E-state index >= 15 is 0 Å². The van der Waals surface area contributed by atoms with E-state index in [-0.39, 0.29) is 0 Å². The van der Waals surface area contributed by atoms with Crippen molar-refractivity contribution in [2.75, 3.05) is 24.7 Å². The van der Waals surface area contributed by atoms with Gasteiger partial charge in [-0.1, -0.05) is 25.1 Å².